The average molecular weight is 444 g/mol. The summed E-state index contributed by atoms with van der Waals surface area (Å²) in [6, 6.07) is 7.70. The molecule has 2 aromatic rings. The van der Waals surface area contributed by atoms with E-state index in [0.717, 1.165) is 24.2 Å². The summed E-state index contributed by atoms with van der Waals surface area (Å²) in [4.78, 5) is 32.3. The highest BCUT2D eigenvalue weighted by Crippen LogP contribution is 2.22. The lowest BCUT2D eigenvalue weighted by Gasteiger charge is -2.25. The molecule has 0 unspecified atom stereocenters. The van der Waals surface area contributed by atoms with Gasteiger partial charge in [-0.2, -0.15) is 0 Å². The summed E-state index contributed by atoms with van der Waals surface area (Å²) in [5.74, 6) is -0.513. The summed E-state index contributed by atoms with van der Waals surface area (Å²) in [6.07, 6.45) is 1.89. The molecule has 3 amide bonds. The second-order valence-corrected chi connectivity index (χ2v) is 8.30. The summed E-state index contributed by atoms with van der Waals surface area (Å²) >= 11 is 0. The predicted molar refractivity (Wildman–Crippen MR) is 121 cm³/mol. The number of anilines is 2. The zero-order valence-corrected chi connectivity index (χ0v) is 18.9. The number of amides is 3. The van der Waals surface area contributed by atoms with Crippen molar-refractivity contribution in [2.75, 3.05) is 30.8 Å². The molecule has 8 nitrogen and oxygen atoms in total. The van der Waals surface area contributed by atoms with Gasteiger partial charge in [0.15, 0.2) is 0 Å². The van der Waals surface area contributed by atoms with Crippen molar-refractivity contribution in [3.05, 3.63) is 53.6 Å². The van der Waals surface area contributed by atoms with Crippen LogP contribution in [0.2, 0.25) is 0 Å². The van der Waals surface area contributed by atoms with Crippen LogP contribution in [0, 0.1) is 12.7 Å². The Labute approximate surface area is 187 Å². The van der Waals surface area contributed by atoms with Gasteiger partial charge in [0.25, 0.3) is 0 Å². The lowest BCUT2D eigenvalue weighted by Crippen LogP contribution is -2.40. The van der Waals surface area contributed by atoms with Crippen LogP contribution < -0.4 is 10.6 Å². The molecule has 0 radical (unpaired) electrons. The van der Waals surface area contributed by atoms with E-state index in [1.807, 2.05) is 20.8 Å². The molecule has 1 atom stereocenters. The van der Waals surface area contributed by atoms with Gasteiger partial charge in [-0.25, -0.2) is 14.0 Å². The van der Waals surface area contributed by atoms with Gasteiger partial charge in [0.2, 0.25) is 0 Å². The average Bonchev–Trinajstić information content (AvgIpc) is 3.19. The molecule has 1 aromatic carbocycles. The molecule has 0 bridgehead atoms. The minimum Gasteiger partial charge on any atom is -0.447 e. The Morgan fingerprint density at radius 1 is 1.28 bits per heavy atom. The monoisotopic (exact) mass is 443 g/mol. The quantitative estimate of drug-likeness (QED) is 0.698. The van der Waals surface area contributed by atoms with E-state index in [-0.39, 0.29) is 23.9 Å². The van der Waals surface area contributed by atoms with Gasteiger partial charge in [0, 0.05) is 38.4 Å². The number of rotatable bonds is 6. The molecule has 0 saturated carbocycles. The van der Waals surface area contributed by atoms with Crippen LogP contribution in [0.15, 0.2) is 36.5 Å². The minimum absolute atomic E-state index is 0.0631. The van der Waals surface area contributed by atoms with E-state index in [4.69, 9.17) is 4.74 Å². The highest BCUT2D eigenvalue weighted by atomic mass is 19.1. The molecule has 1 fully saturated rings. The number of pyridine rings is 1. The maximum Gasteiger partial charge on any atom is 0.410 e. The van der Waals surface area contributed by atoms with E-state index in [1.54, 1.807) is 42.4 Å². The van der Waals surface area contributed by atoms with Gasteiger partial charge in [0.05, 0.1) is 23.7 Å². The number of carbonyl (C=O) groups excluding carboxylic acids is 2. The van der Waals surface area contributed by atoms with Gasteiger partial charge in [-0.1, -0.05) is 6.07 Å². The van der Waals surface area contributed by atoms with E-state index >= 15 is 0 Å². The fourth-order valence-corrected chi connectivity index (χ4v) is 3.56. The number of likely N-dealkylation sites (tertiary alicyclic amines) is 1. The number of aromatic nitrogens is 1. The highest BCUT2D eigenvalue weighted by molar-refractivity contribution is 5.99. The summed E-state index contributed by atoms with van der Waals surface area (Å²) in [7, 11) is 1.75. The first kappa shape index (κ1) is 23.5. The van der Waals surface area contributed by atoms with Crippen molar-refractivity contribution >= 4 is 23.5 Å². The van der Waals surface area contributed by atoms with Crippen molar-refractivity contribution < 1.29 is 18.7 Å². The number of ether oxygens (including phenoxy) is 1. The number of benzene rings is 1. The van der Waals surface area contributed by atoms with Gasteiger partial charge >= 0.3 is 12.1 Å². The Kier molecular flexibility index (Phi) is 7.63. The van der Waals surface area contributed by atoms with Crippen molar-refractivity contribution in [1.29, 1.82) is 0 Å². The zero-order chi connectivity index (χ0) is 23.3. The second kappa shape index (κ2) is 10.4. The fraction of sp³-hybridized carbons (Fsp3) is 0.435. The zero-order valence-electron chi connectivity index (χ0n) is 18.9. The smallest absolute Gasteiger partial charge is 0.410 e. The van der Waals surface area contributed by atoms with Crippen LogP contribution in [0.3, 0.4) is 0 Å². The number of nitrogens with zero attached hydrogens (tertiary/aromatic N) is 3. The van der Waals surface area contributed by atoms with Crippen LogP contribution in [0.1, 0.15) is 31.5 Å². The minimum atomic E-state index is -0.543. The Hall–Kier alpha value is -3.20. The van der Waals surface area contributed by atoms with Crippen molar-refractivity contribution in [3.8, 4) is 0 Å². The number of likely N-dealkylation sites (N-methyl/N-ethyl adjacent to an activating group) is 1. The number of halogens is 1. The molecule has 3 rings (SSSR count). The van der Waals surface area contributed by atoms with E-state index in [9.17, 15) is 14.0 Å². The van der Waals surface area contributed by atoms with Crippen LogP contribution in [0.5, 0.6) is 0 Å². The van der Waals surface area contributed by atoms with Crippen molar-refractivity contribution in [2.24, 2.45) is 0 Å². The van der Waals surface area contributed by atoms with Gasteiger partial charge < -0.3 is 20.3 Å². The van der Waals surface area contributed by atoms with E-state index in [1.165, 1.54) is 6.07 Å². The maximum absolute atomic E-state index is 14.3. The Balaban J connectivity index is 1.57. The van der Waals surface area contributed by atoms with Gasteiger partial charge in [-0.15, -0.1) is 0 Å². The topological polar surface area (TPSA) is 86.8 Å². The fourth-order valence-electron chi connectivity index (χ4n) is 3.56. The Bertz CT molecular complexity index is 951. The third kappa shape index (κ3) is 6.40. The molecule has 32 heavy (non-hydrogen) atoms. The number of nitrogens with one attached hydrogen (secondary N) is 2. The summed E-state index contributed by atoms with van der Waals surface area (Å²) in [6.45, 7) is 7.59. The van der Waals surface area contributed by atoms with Gasteiger partial charge in [-0.3, -0.25) is 9.88 Å². The van der Waals surface area contributed by atoms with Crippen molar-refractivity contribution in [3.63, 3.8) is 0 Å². The molecule has 0 aliphatic carbocycles. The molecule has 2 heterocycles. The molecule has 2 N–H and O–H groups in total. The first-order valence-corrected chi connectivity index (χ1v) is 10.7. The highest BCUT2D eigenvalue weighted by Gasteiger charge is 2.29. The molecule has 1 aliphatic heterocycles. The second-order valence-electron chi connectivity index (χ2n) is 8.30. The number of hydrogen-bond donors (Lipinski definition) is 2. The van der Waals surface area contributed by atoms with Crippen LogP contribution in [-0.2, 0) is 11.3 Å². The van der Waals surface area contributed by atoms with Crippen LogP contribution >= 0.6 is 0 Å². The molecular weight excluding hydrogens is 413 g/mol. The molecule has 1 aromatic heterocycles. The van der Waals surface area contributed by atoms with Gasteiger partial charge in [0.1, 0.15) is 5.82 Å². The number of aryl methyl sites for hydroxylation is 1. The molecule has 1 aliphatic rings. The molecular formula is C23H30FN5O3. The summed E-state index contributed by atoms with van der Waals surface area (Å²) in [5, 5.41) is 5.20. The molecule has 9 heteroatoms. The largest absolute Gasteiger partial charge is 0.447 e. The summed E-state index contributed by atoms with van der Waals surface area (Å²) < 4.78 is 19.5. The third-order valence-corrected chi connectivity index (χ3v) is 5.27. The summed E-state index contributed by atoms with van der Waals surface area (Å²) in [5.41, 5.74) is 2.33. The van der Waals surface area contributed by atoms with Crippen LogP contribution in [0.4, 0.5) is 25.4 Å². The number of hydrogen-bond acceptors (Lipinski definition) is 5. The third-order valence-electron chi connectivity index (χ3n) is 5.27. The first-order valence-electron chi connectivity index (χ1n) is 10.7. The van der Waals surface area contributed by atoms with Crippen LogP contribution in [0.25, 0.3) is 0 Å². The first-order chi connectivity index (χ1) is 15.2. The molecule has 0 spiro atoms. The predicted octanol–water partition coefficient (Wildman–Crippen LogP) is 4.22. The Morgan fingerprint density at radius 3 is 2.75 bits per heavy atom. The van der Waals surface area contributed by atoms with Crippen LogP contribution in [-0.4, -0.2) is 59.2 Å². The maximum atomic E-state index is 14.3. The van der Waals surface area contributed by atoms with E-state index in [0.29, 0.717) is 18.8 Å². The number of urea groups is 1. The van der Waals surface area contributed by atoms with Crippen molar-refractivity contribution in [1.82, 2.24) is 14.8 Å². The lowest BCUT2D eigenvalue weighted by molar-refractivity contribution is 0.0730. The van der Waals surface area contributed by atoms with E-state index < -0.39 is 11.8 Å². The molecule has 1 saturated heterocycles. The van der Waals surface area contributed by atoms with Gasteiger partial charge in [-0.05, 0) is 57.0 Å². The van der Waals surface area contributed by atoms with Crippen molar-refractivity contribution in [2.45, 2.75) is 45.9 Å². The SMILES string of the molecule is Cc1ccc(NC(=O)Nc2cc(CN3CC[C@@H](N(C)C(=O)OC(C)C)C3)ccc2F)cn1. The lowest BCUT2D eigenvalue weighted by atomic mass is 10.2. The Morgan fingerprint density at radius 2 is 2.06 bits per heavy atom. The number of carbonyl (C=O) groups is 2. The molecule has 172 valence electrons. The van der Waals surface area contributed by atoms with E-state index in [2.05, 4.69) is 20.5 Å². The standard InChI is InChI=1S/C23H30FN5O3/c1-15(2)32-23(31)28(4)19-9-10-29(14-19)13-17-6-8-20(24)21(11-17)27-22(30)26-18-7-5-16(3)25-12-18/h5-8,11-12,15,19H,9-10,13-14H2,1-4H3,(H2,26,27,30)/t19-/m1/s1. The normalized spacial score (nSPS) is 16.1.